The molecule has 21 heavy (non-hydrogen) atoms. The molecule has 0 amide bonds. The van der Waals surface area contributed by atoms with Crippen molar-refractivity contribution >= 4 is 5.69 Å². The van der Waals surface area contributed by atoms with E-state index in [4.69, 9.17) is 15.2 Å². The zero-order valence-corrected chi connectivity index (χ0v) is 12.2. The molecule has 2 aromatic rings. The Hall–Kier alpha value is -2.04. The van der Waals surface area contributed by atoms with E-state index >= 15 is 0 Å². The minimum atomic E-state index is -0.693. The van der Waals surface area contributed by atoms with Gasteiger partial charge in [-0.15, -0.1) is 0 Å². The number of hydrogen-bond acceptors (Lipinski definition) is 4. The summed E-state index contributed by atoms with van der Waals surface area (Å²) in [6, 6.07) is 15.0. The van der Waals surface area contributed by atoms with Gasteiger partial charge in [0.05, 0.1) is 6.61 Å². The highest BCUT2D eigenvalue weighted by Crippen LogP contribution is 2.18. The van der Waals surface area contributed by atoms with Crippen LogP contribution in [0.15, 0.2) is 48.5 Å². The fourth-order valence-corrected chi connectivity index (χ4v) is 2.01. The molecular weight excluding hydrogens is 266 g/mol. The Morgan fingerprint density at radius 2 is 1.90 bits per heavy atom. The first kappa shape index (κ1) is 15.4. The number of aliphatic hydroxyl groups is 1. The zero-order valence-electron chi connectivity index (χ0n) is 12.2. The molecule has 1 unspecified atom stereocenters. The normalized spacial score (nSPS) is 12.1. The summed E-state index contributed by atoms with van der Waals surface area (Å²) in [5, 5.41) is 10.1. The van der Waals surface area contributed by atoms with Crippen LogP contribution in [0.4, 0.5) is 5.69 Å². The van der Waals surface area contributed by atoms with E-state index in [0.29, 0.717) is 12.3 Å². The molecule has 2 aromatic carbocycles. The average molecular weight is 287 g/mol. The van der Waals surface area contributed by atoms with Crippen LogP contribution in [0.5, 0.6) is 5.75 Å². The number of hydrogen-bond donors (Lipinski definition) is 2. The molecule has 4 heteroatoms. The van der Waals surface area contributed by atoms with Gasteiger partial charge >= 0.3 is 0 Å². The van der Waals surface area contributed by atoms with Gasteiger partial charge in [0.15, 0.2) is 0 Å². The zero-order chi connectivity index (χ0) is 15.1. The number of methoxy groups -OCH3 is 1. The van der Waals surface area contributed by atoms with E-state index < -0.39 is 6.10 Å². The number of anilines is 1. The topological polar surface area (TPSA) is 64.7 Å². The Morgan fingerprint density at radius 1 is 1.14 bits per heavy atom. The summed E-state index contributed by atoms with van der Waals surface area (Å²) in [5.74, 6) is 0.735. The number of aliphatic hydroxyl groups excluding tert-OH is 1. The molecular formula is C17H21NO3. The lowest BCUT2D eigenvalue weighted by Crippen LogP contribution is -2.10. The molecule has 0 aliphatic rings. The highest BCUT2D eigenvalue weighted by molar-refractivity contribution is 5.41. The van der Waals surface area contributed by atoms with Crippen molar-refractivity contribution in [3.05, 3.63) is 59.7 Å². The van der Waals surface area contributed by atoms with Crippen molar-refractivity contribution in [3.63, 3.8) is 0 Å². The molecule has 0 fully saturated rings. The van der Waals surface area contributed by atoms with Crippen molar-refractivity contribution in [3.8, 4) is 5.75 Å². The van der Waals surface area contributed by atoms with E-state index in [2.05, 4.69) is 0 Å². The number of benzene rings is 2. The summed E-state index contributed by atoms with van der Waals surface area (Å²) < 4.78 is 10.6. The molecule has 0 aliphatic heterocycles. The SMILES string of the molecule is COCCc1ccc(OCC(O)c2cccc(N)c2)cc1. The monoisotopic (exact) mass is 287 g/mol. The second-order valence-corrected chi connectivity index (χ2v) is 4.88. The highest BCUT2D eigenvalue weighted by atomic mass is 16.5. The Morgan fingerprint density at radius 3 is 2.57 bits per heavy atom. The van der Waals surface area contributed by atoms with Crippen LogP contribution in [0.1, 0.15) is 17.2 Å². The second kappa shape index (κ2) is 7.67. The standard InChI is InChI=1S/C17H21NO3/c1-20-10-9-13-5-7-16(8-6-13)21-12-17(19)14-3-2-4-15(18)11-14/h2-8,11,17,19H,9-10,12,18H2,1H3. The molecule has 0 saturated heterocycles. The molecule has 0 heterocycles. The maximum atomic E-state index is 10.1. The lowest BCUT2D eigenvalue weighted by Gasteiger charge is -2.13. The Kier molecular flexibility index (Phi) is 5.60. The lowest BCUT2D eigenvalue weighted by atomic mass is 10.1. The Balaban J connectivity index is 1.87. The van der Waals surface area contributed by atoms with Gasteiger partial charge in [-0.2, -0.15) is 0 Å². The van der Waals surface area contributed by atoms with Gasteiger partial charge in [-0.1, -0.05) is 24.3 Å². The van der Waals surface area contributed by atoms with Crippen molar-refractivity contribution in [1.29, 1.82) is 0 Å². The van der Waals surface area contributed by atoms with Gasteiger partial charge in [-0.3, -0.25) is 0 Å². The predicted octanol–water partition coefficient (Wildman–Crippen LogP) is 2.57. The predicted molar refractivity (Wildman–Crippen MR) is 83.3 cm³/mol. The summed E-state index contributed by atoms with van der Waals surface area (Å²) in [5.41, 5.74) is 8.28. The molecule has 0 bridgehead atoms. The van der Waals surface area contributed by atoms with Crippen molar-refractivity contribution in [1.82, 2.24) is 0 Å². The van der Waals surface area contributed by atoms with Crippen LogP contribution in [0, 0.1) is 0 Å². The van der Waals surface area contributed by atoms with Crippen molar-refractivity contribution in [2.75, 3.05) is 26.1 Å². The van der Waals surface area contributed by atoms with E-state index in [9.17, 15) is 5.11 Å². The van der Waals surface area contributed by atoms with Gasteiger partial charge in [0.25, 0.3) is 0 Å². The van der Waals surface area contributed by atoms with Gasteiger partial charge in [0.2, 0.25) is 0 Å². The molecule has 112 valence electrons. The van der Waals surface area contributed by atoms with Gasteiger partial charge in [-0.25, -0.2) is 0 Å². The van der Waals surface area contributed by atoms with E-state index in [1.165, 1.54) is 5.56 Å². The van der Waals surface area contributed by atoms with Crippen LogP contribution in [0.2, 0.25) is 0 Å². The fraction of sp³-hybridized carbons (Fsp3) is 0.294. The summed E-state index contributed by atoms with van der Waals surface area (Å²) in [4.78, 5) is 0. The lowest BCUT2D eigenvalue weighted by molar-refractivity contribution is 0.108. The van der Waals surface area contributed by atoms with Crippen LogP contribution < -0.4 is 10.5 Å². The number of nitrogen functional groups attached to an aromatic ring is 1. The quantitative estimate of drug-likeness (QED) is 0.768. The van der Waals surface area contributed by atoms with Crippen molar-refractivity contribution < 1.29 is 14.6 Å². The third-order valence-electron chi connectivity index (χ3n) is 3.22. The summed E-state index contributed by atoms with van der Waals surface area (Å²) >= 11 is 0. The fourth-order valence-electron chi connectivity index (χ4n) is 2.01. The van der Waals surface area contributed by atoms with Crippen LogP contribution in [0.25, 0.3) is 0 Å². The second-order valence-electron chi connectivity index (χ2n) is 4.88. The first-order valence-corrected chi connectivity index (χ1v) is 6.93. The highest BCUT2D eigenvalue weighted by Gasteiger charge is 2.08. The van der Waals surface area contributed by atoms with E-state index in [1.54, 1.807) is 19.2 Å². The van der Waals surface area contributed by atoms with Gasteiger partial charge < -0.3 is 20.3 Å². The number of ether oxygens (including phenoxy) is 2. The maximum absolute atomic E-state index is 10.1. The van der Waals surface area contributed by atoms with Crippen molar-refractivity contribution in [2.24, 2.45) is 0 Å². The third kappa shape index (κ3) is 4.77. The van der Waals surface area contributed by atoms with Crippen LogP contribution in [-0.4, -0.2) is 25.4 Å². The molecule has 0 saturated carbocycles. The molecule has 0 spiro atoms. The summed E-state index contributed by atoms with van der Waals surface area (Å²) in [7, 11) is 1.69. The van der Waals surface area contributed by atoms with E-state index in [-0.39, 0.29) is 6.61 Å². The van der Waals surface area contributed by atoms with E-state index in [0.717, 1.165) is 17.7 Å². The molecule has 3 N–H and O–H groups in total. The first-order chi connectivity index (χ1) is 10.2. The molecule has 0 aromatic heterocycles. The van der Waals surface area contributed by atoms with E-state index in [1.807, 2.05) is 36.4 Å². The third-order valence-corrected chi connectivity index (χ3v) is 3.22. The smallest absolute Gasteiger partial charge is 0.119 e. The Bertz CT molecular complexity index is 554. The summed E-state index contributed by atoms with van der Waals surface area (Å²) in [6.07, 6.45) is 0.185. The summed E-state index contributed by atoms with van der Waals surface area (Å²) in [6.45, 7) is 0.898. The van der Waals surface area contributed by atoms with Gasteiger partial charge in [-0.05, 0) is 41.8 Å². The van der Waals surface area contributed by atoms with Crippen LogP contribution in [-0.2, 0) is 11.2 Å². The Labute approximate surface area is 125 Å². The molecule has 0 radical (unpaired) electrons. The minimum absolute atomic E-state index is 0.195. The molecule has 2 rings (SSSR count). The minimum Gasteiger partial charge on any atom is -0.491 e. The van der Waals surface area contributed by atoms with Crippen molar-refractivity contribution in [2.45, 2.75) is 12.5 Å². The number of nitrogens with two attached hydrogens (primary N) is 1. The van der Waals surface area contributed by atoms with Gasteiger partial charge in [0, 0.05) is 12.8 Å². The average Bonchev–Trinajstić information content (AvgIpc) is 2.51. The first-order valence-electron chi connectivity index (χ1n) is 6.93. The van der Waals surface area contributed by atoms with Gasteiger partial charge in [0.1, 0.15) is 18.5 Å². The molecule has 0 aliphatic carbocycles. The van der Waals surface area contributed by atoms with Crippen LogP contribution in [0.3, 0.4) is 0 Å². The maximum Gasteiger partial charge on any atom is 0.119 e. The largest absolute Gasteiger partial charge is 0.491 e. The molecule has 1 atom stereocenters. The molecule has 4 nitrogen and oxygen atoms in total. The van der Waals surface area contributed by atoms with Crippen LogP contribution >= 0.6 is 0 Å². The number of rotatable bonds is 7.